The highest BCUT2D eigenvalue weighted by Gasteiger charge is 2.19. The number of carbonyl (C=O) groups is 2. The SMILES string of the molecule is CC(=O)N[C@@H](CSc1cc(C)cc([N+](=O)[O-])c1)C(=O)O. The van der Waals surface area contributed by atoms with Crippen molar-refractivity contribution in [2.24, 2.45) is 0 Å². The van der Waals surface area contributed by atoms with Gasteiger partial charge in [0.15, 0.2) is 0 Å². The van der Waals surface area contributed by atoms with E-state index in [-0.39, 0.29) is 11.4 Å². The van der Waals surface area contributed by atoms with Gasteiger partial charge >= 0.3 is 5.97 Å². The van der Waals surface area contributed by atoms with Crippen molar-refractivity contribution >= 4 is 29.3 Å². The Balaban J connectivity index is 2.79. The summed E-state index contributed by atoms with van der Waals surface area (Å²) >= 11 is 1.14. The number of thioether (sulfide) groups is 1. The molecule has 2 N–H and O–H groups in total. The minimum Gasteiger partial charge on any atom is -0.480 e. The summed E-state index contributed by atoms with van der Waals surface area (Å²) in [6.07, 6.45) is 0. The lowest BCUT2D eigenvalue weighted by Gasteiger charge is -2.12. The number of non-ortho nitro benzene ring substituents is 1. The van der Waals surface area contributed by atoms with Gasteiger partial charge in [-0.05, 0) is 18.6 Å². The third-order valence-corrected chi connectivity index (χ3v) is 3.41. The number of benzene rings is 1. The smallest absolute Gasteiger partial charge is 0.327 e. The fourth-order valence-corrected chi connectivity index (χ4v) is 2.58. The molecule has 1 aromatic carbocycles. The molecule has 0 bridgehead atoms. The Morgan fingerprint density at radius 2 is 2.10 bits per heavy atom. The Morgan fingerprint density at radius 1 is 1.45 bits per heavy atom. The number of amides is 1. The number of rotatable bonds is 6. The van der Waals surface area contributed by atoms with Crippen molar-refractivity contribution in [1.29, 1.82) is 0 Å². The molecule has 0 saturated carbocycles. The molecule has 108 valence electrons. The second-order valence-corrected chi connectivity index (χ2v) is 5.26. The molecule has 0 heterocycles. The molecule has 1 aromatic rings. The summed E-state index contributed by atoms with van der Waals surface area (Å²) in [4.78, 5) is 32.7. The van der Waals surface area contributed by atoms with Crippen LogP contribution in [-0.4, -0.2) is 33.7 Å². The Kier molecular flexibility index (Phi) is 5.51. The molecule has 8 heteroatoms. The Morgan fingerprint density at radius 3 is 2.60 bits per heavy atom. The number of aliphatic carboxylic acids is 1. The van der Waals surface area contributed by atoms with Crippen LogP contribution in [0.15, 0.2) is 23.1 Å². The number of carbonyl (C=O) groups excluding carboxylic acids is 1. The second kappa shape index (κ2) is 6.90. The molecule has 0 radical (unpaired) electrons. The van der Waals surface area contributed by atoms with E-state index < -0.39 is 22.8 Å². The number of hydrogen-bond acceptors (Lipinski definition) is 5. The fourth-order valence-electron chi connectivity index (χ4n) is 1.52. The average molecular weight is 298 g/mol. The lowest BCUT2D eigenvalue weighted by Crippen LogP contribution is -2.41. The standard InChI is InChI=1S/C12H14N2O5S/c1-7-3-9(14(18)19)5-10(4-7)20-6-11(12(16)17)13-8(2)15/h3-5,11H,6H2,1-2H3,(H,13,15)(H,16,17)/t11-/m0/s1. The van der Waals surface area contributed by atoms with Gasteiger partial charge in [0.25, 0.3) is 5.69 Å². The highest BCUT2D eigenvalue weighted by molar-refractivity contribution is 7.99. The van der Waals surface area contributed by atoms with Crippen LogP contribution in [0.5, 0.6) is 0 Å². The van der Waals surface area contributed by atoms with E-state index in [0.29, 0.717) is 10.5 Å². The minimum atomic E-state index is -1.14. The zero-order valence-corrected chi connectivity index (χ0v) is 11.8. The Bertz CT molecular complexity index is 547. The van der Waals surface area contributed by atoms with Gasteiger partial charge in [-0.25, -0.2) is 4.79 Å². The van der Waals surface area contributed by atoms with Gasteiger partial charge in [-0.3, -0.25) is 14.9 Å². The van der Waals surface area contributed by atoms with E-state index >= 15 is 0 Å². The van der Waals surface area contributed by atoms with Crippen molar-refractivity contribution in [1.82, 2.24) is 5.32 Å². The summed E-state index contributed by atoms with van der Waals surface area (Å²) in [5.74, 6) is -1.49. The highest BCUT2D eigenvalue weighted by Crippen LogP contribution is 2.25. The quantitative estimate of drug-likeness (QED) is 0.469. The van der Waals surface area contributed by atoms with Gasteiger partial charge in [0, 0.05) is 29.7 Å². The lowest BCUT2D eigenvalue weighted by molar-refractivity contribution is -0.385. The zero-order valence-electron chi connectivity index (χ0n) is 11.0. The van der Waals surface area contributed by atoms with Crippen LogP contribution in [0.1, 0.15) is 12.5 Å². The number of nitro benzene ring substituents is 1. The number of nitro groups is 1. The predicted octanol–water partition coefficient (Wildman–Crippen LogP) is 1.58. The molecular formula is C12H14N2O5S. The van der Waals surface area contributed by atoms with Crippen LogP contribution in [-0.2, 0) is 9.59 Å². The molecule has 0 aliphatic heterocycles. The van der Waals surface area contributed by atoms with E-state index in [9.17, 15) is 19.7 Å². The third kappa shape index (κ3) is 4.88. The van der Waals surface area contributed by atoms with Crippen molar-refractivity contribution in [2.75, 3.05) is 5.75 Å². The van der Waals surface area contributed by atoms with Crippen LogP contribution in [0, 0.1) is 17.0 Å². The molecule has 1 rings (SSSR count). The number of hydrogen-bond donors (Lipinski definition) is 2. The van der Waals surface area contributed by atoms with E-state index in [1.54, 1.807) is 13.0 Å². The van der Waals surface area contributed by atoms with Crippen LogP contribution in [0.25, 0.3) is 0 Å². The van der Waals surface area contributed by atoms with E-state index in [4.69, 9.17) is 5.11 Å². The first kappa shape index (κ1) is 16.0. The van der Waals surface area contributed by atoms with Crippen LogP contribution < -0.4 is 5.32 Å². The maximum atomic E-state index is 11.0. The molecule has 0 aromatic heterocycles. The normalized spacial score (nSPS) is 11.7. The first-order valence-corrected chi connectivity index (χ1v) is 6.67. The molecule has 0 spiro atoms. The van der Waals surface area contributed by atoms with Gasteiger partial charge in [-0.1, -0.05) is 0 Å². The maximum Gasteiger partial charge on any atom is 0.327 e. The van der Waals surface area contributed by atoms with Crippen molar-refractivity contribution < 1.29 is 19.6 Å². The number of aryl methyl sites for hydroxylation is 1. The van der Waals surface area contributed by atoms with E-state index in [2.05, 4.69) is 5.32 Å². The lowest BCUT2D eigenvalue weighted by atomic mass is 10.2. The topological polar surface area (TPSA) is 110 Å². The largest absolute Gasteiger partial charge is 0.480 e. The van der Waals surface area contributed by atoms with Crippen LogP contribution in [0.3, 0.4) is 0 Å². The number of carboxylic acids is 1. The maximum absolute atomic E-state index is 11.0. The average Bonchev–Trinajstić information content (AvgIpc) is 2.33. The molecule has 0 saturated heterocycles. The Hall–Kier alpha value is -2.09. The first-order chi connectivity index (χ1) is 9.29. The van der Waals surface area contributed by atoms with Gasteiger partial charge in [0.05, 0.1) is 4.92 Å². The summed E-state index contributed by atoms with van der Waals surface area (Å²) in [6, 6.07) is 3.51. The van der Waals surface area contributed by atoms with Crippen LogP contribution in [0.4, 0.5) is 5.69 Å². The van der Waals surface area contributed by atoms with E-state index in [1.807, 2.05) is 0 Å². The molecule has 0 aliphatic carbocycles. The number of nitrogens with one attached hydrogen (secondary N) is 1. The van der Waals surface area contributed by atoms with Crippen molar-refractivity contribution in [3.63, 3.8) is 0 Å². The molecule has 20 heavy (non-hydrogen) atoms. The summed E-state index contributed by atoms with van der Waals surface area (Å²) in [5, 5.41) is 22.0. The highest BCUT2D eigenvalue weighted by atomic mass is 32.2. The van der Waals surface area contributed by atoms with Crippen molar-refractivity contribution in [3.8, 4) is 0 Å². The number of carboxylic acid groups (broad SMARTS) is 1. The summed E-state index contributed by atoms with van der Waals surface area (Å²) in [6.45, 7) is 2.96. The van der Waals surface area contributed by atoms with Crippen molar-refractivity contribution in [3.05, 3.63) is 33.9 Å². The van der Waals surface area contributed by atoms with E-state index in [1.165, 1.54) is 19.1 Å². The third-order valence-electron chi connectivity index (χ3n) is 2.34. The predicted molar refractivity (Wildman–Crippen MR) is 73.8 cm³/mol. The van der Waals surface area contributed by atoms with Gasteiger partial charge in [0.1, 0.15) is 6.04 Å². The Labute approximate surface area is 119 Å². The summed E-state index contributed by atoms with van der Waals surface area (Å²) in [5.41, 5.74) is 0.673. The molecule has 0 fully saturated rings. The molecule has 1 atom stereocenters. The van der Waals surface area contributed by atoms with E-state index in [0.717, 1.165) is 11.8 Å². The van der Waals surface area contributed by atoms with Gasteiger partial charge in [0.2, 0.25) is 5.91 Å². The summed E-state index contributed by atoms with van der Waals surface area (Å²) in [7, 11) is 0. The summed E-state index contributed by atoms with van der Waals surface area (Å²) < 4.78 is 0. The monoisotopic (exact) mass is 298 g/mol. The number of nitrogens with zero attached hydrogens (tertiary/aromatic N) is 1. The molecule has 0 aliphatic rings. The molecule has 1 amide bonds. The molecular weight excluding hydrogens is 284 g/mol. The first-order valence-electron chi connectivity index (χ1n) is 5.68. The molecule has 7 nitrogen and oxygen atoms in total. The van der Waals surface area contributed by atoms with Crippen LogP contribution >= 0.6 is 11.8 Å². The molecule has 0 unspecified atom stereocenters. The van der Waals surface area contributed by atoms with Crippen LogP contribution in [0.2, 0.25) is 0 Å². The minimum absolute atomic E-state index is 0.0427. The van der Waals surface area contributed by atoms with Crippen molar-refractivity contribution in [2.45, 2.75) is 24.8 Å². The zero-order chi connectivity index (χ0) is 15.3. The van der Waals surface area contributed by atoms with Gasteiger partial charge < -0.3 is 10.4 Å². The van der Waals surface area contributed by atoms with Gasteiger partial charge in [-0.15, -0.1) is 11.8 Å². The van der Waals surface area contributed by atoms with Gasteiger partial charge in [-0.2, -0.15) is 0 Å². The second-order valence-electron chi connectivity index (χ2n) is 4.16. The fraction of sp³-hybridized carbons (Fsp3) is 0.333.